The van der Waals surface area contributed by atoms with Gasteiger partial charge in [0.05, 0.1) is 7.11 Å². The van der Waals surface area contributed by atoms with Crippen LogP contribution in [0.25, 0.3) is 0 Å². The van der Waals surface area contributed by atoms with Crippen molar-refractivity contribution in [3.63, 3.8) is 0 Å². The highest BCUT2D eigenvalue weighted by atomic mass is 32.2. The summed E-state index contributed by atoms with van der Waals surface area (Å²) in [6, 6.07) is 11.8. The molecule has 0 bridgehead atoms. The molecule has 0 aliphatic carbocycles. The Morgan fingerprint density at radius 2 is 2.18 bits per heavy atom. The van der Waals surface area contributed by atoms with Crippen molar-refractivity contribution >= 4 is 17.6 Å². The second-order valence-corrected chi connectivity index (χ2v) is 4.61. The van der Waals surface area contributed by atoms with Gasteiger partial charge in [-0.1, -0.05) is 12.1 Å². The Morgan fingerprint density at radius 1 is 1.29 bits per heavy atom. The van der Waals surface area contributed by atoms with Crippen LogP contribution in [0.3, 0.4) is 0 Å². The van der Waals surface area contributed by atoms with Crippen LogP contribution in [-0.4, -0.2) is 12.1 Å². The maximum Gasteiger partial charge on any atom is 0.123 e. The number of pyridine rings is 1. The summed E-state index contributed by atoms with van der Waals surface area (Å²) >= 11 is 1.75. The van der Waals surface area contributed by atoms with E-state index in [1.165, 1.54) is 4.90 Å². The molecule has 0 atom stereocenters. The number of aromatic nitrogens is 1. The van der Waals surface area contributed by atoms with Gasteiger partial charge in [-0.15, -0.1) is 11.8 Å². The van der Waals surface area contributed by atoms with E-state index in [0.29, 0.717) is 5.82 Å². The first-order valence-corrected chi connectivity index (χ1v) is 6.24. The third kappa shape index (κ3) is 3.39. The van der Waals surface area contributed by atoms with Crippen molar-refractivity contribution in [3.05, 3.63) is 48.2 Å². The average Bonchev–Trinajstić information content (AvgIpc) is 2.38. The van der Waals surface area contributed by atoms with E-state index in [9.17, 15) is 0 Å². The second kappa shape index (κ2) is 5.59. The number of benzene rings is 1. The van der Waals surface area contributed by atoms with Crippen LogP contribution in [0.5, 0.6) is 5.75 Å². The van der Waals surface area contributed by atoms with Gasteiger partial charge >= 0.3 is 0 Å². The van der Waals surface area contributed by atoms with Crippen LogP contribution in [-0.2, 0) is 5.75 Å². The topological polar surface area (TPSA) is 48.1 Å². The molecule has 4 heteroatoms. The summed E-state index contributed by atoms with van der Waals surface area (Å²) in [5.74, 6) is 2.31. The molecule has 0 radical (unpaired) electrons. The number of rotatable bonds is 4. The zero-order valence-electron chi connectivity index (χ0n) is 9.59. The van der Waals surface area contributed by atoms with Crippen molar-refractivity contribution in [2.75, 3.05) is 12.8 Å². The predicted octanol–water partition coefficient (Wildman–Crippen LogP) is 2.96. The number of hydrogen-bond donors (Lipinski definition) is 1. The predicted molar refractivity (Wildman–Crippen MR) is 71.2 cm³/mol. The fourth-order valence-corrected chi connectivity index (χ4v) is 2.26. The van der Waals surface area contributed by atoms with Gasteiger partial charge < -0.3 is 10.5 Å². The minimum atomic E-state index is 0.556. The van der Waals surface area contributed by atoms with Gasteiger partial charge in [0.1, 0.15) is 11.6 Å². The number of ether oxygens (including phenoxy) is 1. The SMILES string of the molecule is COc1cccc(SCc2ccc(N)nc2)c1. The van der Waals surface area contributed by atoms with E-state index in [0.717, 1.165) is 17.1 Å². The molecule has 1 aromatic carbocycles. The summed E-state index contributed by atoms with van der Waals surface area (Å²) in [7, 11) is 1.67. The third-order valence-electron chi connectivity index (χ3n) is 2.29. The van der Waals surface area contributed by atoms with Crippen molar-refractivity contribution < 1.29 is 4.74 Å². The molecule has 0 amide bonds. The van der Waals surface area contributed by atoms with Gasteiger partial charge in [-0.2, -0.15) is 0 Å². The van der Waals surface area contributed by atoms with Crippen molar-refractivity contribution in [2.24, 2.45) is 0 Å². The van der Waals surface area contributed by atoms with Crippen LogP contribution in [0.15, 0.2) is 47.5 Å². The Labute approximate surface area is 105 Å². The molecule has 0 aliphatic heterocycles. The highest BCUT2D eigenvalue weighted by Crippen LogP contribution is 2.25. The number of nitrogens with two attached hydrogens (primary N) is 1. The van der Waals surface area contributed by atoms with E-state index in [1.54, 1.807) is 18.9 Å². The van der Waals surface area contributed by atoms with Gasteiger partial charge in [0.25, 0.3) is 0 Å². The molecule has 3 nitrogen and oxygen atoms in total. The Bertz CT molecular complexity index is 485. The minimum Gasteiger partial charge on any atom is -0.497 e. The molecule has 17 heavy (non-hydrogen) atoms. The lowest BCUT2D eigenvalue weighted by molar-refractivity contribution is 0.413. The van der Waals surface area contributed by atoms with E-state index in [1.807, 2.05) is 36.5 Å². The summed E-state index contributed by atoms with van der Waals surface area (Å²) in [5, 5.41) is 0. The Balaban J connectivity index is 1.99. The number of thioether (sulfide) groups is 1. The molecule has 0 saturated carbocycles. The standard InChI is InChI=1S/C13H14N2OS/c1-16-11-3-2-4-12(7-11)17-9-10-5-6-13(14)15-8-10/h2-8H,9H2,1H3,(H2,14,15). The molecule has 0 saturated heterocycles. The highest BCUT2D eigenvalue weighted by Gasteiger charge is 1.98. The van der Waals surface area contributed by atoms with Gasteiger partial charge in [-0.05, 0) is 29.8 Å². The Kier molecular flexibility index (Phi) is 3.88. The average molecular weight is 246 g/mol. The smallest absolute Gasteiger partial charge is 0.123 e. The van der Waals surface area contributed by atoms with Crippen LogP contribution in [0, 0.1) is 0 Å². The molecule has 1 aromatic heterocycles. The van der Waals surface area contributed by atoms with Gasteiger partial charge in [-0.25, -0.2) is 4.98 Å². The number of nitrogens with zero attached hydrogens (tertiary/aromatic N) is 1. The van der Waals surface area contributed by atoms with Crippen LogP contribution in [0.4, 0.5) is 5.82 Å². The minimum absolute atomic E-state index is 0.556. The summed E-state index contributed by atoms with van der Waals surface area (Å²) in [6.45, 7) is 0. The van der Waals surface area contributed by atoms with Crippen molar-refractivity contribution in [1.29, 1.82) is 0 Å². The number of methoxy groups -OCH3 is 1. The zero-order chi connectivity index (χ0) is 12.1. The maximum absolute atomic E-state index is 5.54. The molecular formula is C13H14N2OS. The lowest BCUT2D eigenvalue weighted by atomic mass is 10.3. The normalized spacial score (nSPS) is 10.2. The van der Waals surface area contributed by atoms with Gasteiger partial charge in [-0.3, -0.25) is 0 Å². The first-order valence-electron chi connectivity index (χ1n) is 5.25. The summed E-state index contributed by atoms with van der Waals surface area (Å²) in [6.07, 6.45) is 1.81. The molecule has 2 rings (SSSR count). The quantitative estimate of drug-likeness (QED) is 0.843. The largest absolute Gasteiger partial charge is 0.497 e. The second-order valence-electron chi connectivity index (χ2n) is 3.56. The summed E-state index contributed by atoms with van der Waals surface area (Å²) < 4.78 is 5.18. The van der Waals surface area contributed by atoms with E-state index in [-0.39, 0.29) is 0 Å². The van der Waals surface area contributed by atoms with Gasteiger partial charge in [0.15, 0.2) is 0 Å². The molecule has 0 unspecified atom stereocenters. The first-order chi connectivity index (χ1) is 8.28. The van der Waals surface area contributed by atoms with Crippen LogP contribution >= 0.6 is 11.8 Å². The summed E-state index contributed by atoms with van der Waals surface area (Å²) in [5.41, 5.74) is 6.70. The number of nitrogen functional groups attached to an aromatic ring is 1. The van der Waals surface area contributed by atoms with Crippen LogP contribution in [0.2, 0.25) is 0 Å². The monoisotopic (exact) mass is 246 g/mol. The number of hydrogen-bond acceptors (Lipinski definition) is 4. The van der Waals surface area contributed by atoms with Crippen LogP contribution in [0.1, 0.15) is 5.56 Å². The molecule has 1 heterocycles. The van der Waals surface area contributed by atoms with Crippen molar-refractivity contribution in [2.45, 2.75) is 10.6 Å². The first kappa shape index (κ1) is 11.8. The lowest BCUT2D eigenvalue weighted by Gasteiger charge is -2.04. The molecule has 0 fully saturated rings. The molecule has 2 N–H and O–H groups in total. The number of anilines is 1. The fourth-order valence-electron chi connectivity index (χ4n) is 1.38. The molecule has 0 spiro atoms. The van der Waals surface area contributed by atoms with E-state index in [4.69, 9.17) is 10.5 Å². The molecule has 88 valence electrons. The lowest BCUT2D eigenvalue weighted by Crippen LogP contribution is -1.90. The van der Waals surface area contributed by atoms with Crippen LogP contribution < -0.4 is 10.5 Å². The molecule has 0 aliphatic rings. The zero-order valence-corrected chi connectivity index (χ0v) is 10.4. The van der Waals surface area contributed by atoms with Gasteiger partial charge in [0.2, 0.25) is 0 Å². The van der Waals surface area contributed by atoms with Crippen molar-refractivity contribution in [3.8, 4) is 5.75 Å². The van der Waals surface area contributed by atoms with E-state index in [2.05, 4.69) is 11.1 Å². The maximum atomic E-state index is 5.54. The Morgan fingerprint density at radius 3 is 2.88 bits per heavy atom. The van der Waals surface area contributed by atoms with Crippen molar-refractivity contribution in [1.82, 2.24) is 4.98 Å². The van der Waals surface area contributed by atoms with E-state index < -0.39 is 0 Å². The Hall–Kier alpha value is -1.68. The third-order valence-corrected chi connectivity index (χ3v) is 3.36. The van der Waals surface area contributed by atoms with E-state index >= 15 is 0 Å². The highest BCUT2D eigenvalue weighted by molar-refractivity contribution is 7.98. The fraction of sp³-hybridized carbons (Fsp3) is 0.154. The summed E-state index contributed by atoms with van der Waals surface area (Å²) in [4.78, 5) is 5.25. The molecular weight excluding hydrogens is 232 g/mol. The molecule has 2 aromatic rings. The van der Waals surface area contributed by atoms with Gasteiger partial charge in [0, 0.05) is 16.8 Å².